The number of non-ortho nitro benzene ring substituents is 1. The van der Waals surface area contributed by atoms with Crippen LogP contribution >= 0.6 is 35.1 Å². The maximum Gasteiger partial charge on any atom is 0.291 e. The van der Waals surface area contributed by atoms with E-state index >= 15 is 0 Å². The van der Waals surface area contributed by atoms with Crippen molar-refractivity contribution in [2.24, 2.45) is 4.40 Å². The van der Waals surface area contributed by atoms with Gasteiger partial charge >= 0.3 is 0 Å². The maximum atomic E-state index is 11.0. The van der Waals surface area contributed by atoms with E-state index in [2.05, 4.69) is 14.4 Å². The summed E-state index contributed by atoms with van der Waals surface area (Å²) in [7, 11) is 0. The molecule has 2 aromatic rings. The first-order chi connectivity index (χ1) is 11.3. The lowest BCUT2D eigenvalue weighted by Gasteiger charge is -2.01. The van der Waals surface area contributed by atoms with Crippen LogP contribution in [0, 0.1) is 20.2 Å². The van der Waals surface area contributed by atoms with Crippen LogP contribution in [0.4, 0.5) is 17.2 Å². The van der Waals surface area contributed by atoms with Gasteiger partial charge in [-0.15, -0.1) is 0 Å². The minimum Gasteiger partial charge on any atom is -0.382 e. The molecule has 13 heteroatoms. The van der Waals surface area contributed by atoms with Gasteiger partial charge in [0.1, 0.15) is 10.6 Å². The topological polar surface area (TPSA) is 150 Å². The summed E-state index contributed by atoms with van der Waals surface area (Å²) >= 11 is 12.1. The molecule has 0 aliphatic heterocycles. The van der Waals surface area contributed by atoms with Crippen LogP contribution in [0.3, 0.4) is 0 Å². The van der Waals surface area contributed by atoms with Crippen molar-refractivity contribution in [3.63, 3.8) is 0 Å². The van der Waals surface area contributed by atoms with Gasteiger partial charge < -0.3 is 5.73 Å². The molecule has 0 fully saturated rings. The van der Waals surface area contributed by atoms with Crippen LogP contribution in [0.5, 0.6) is 0 Å². The fraction of sp³-hybridized carbons (Fsp3) is 0. The Morgan fingerprint density at radius 3 is 2.46 bits per heavy atom. The summed E-state index contributed by atoms with van der Waals surface area (Å²) < 4.78 is 3.89. The predicted octanol–water partition coefficient (Wildman–Crippen LogP) is 3.31. The fourth-order valence-electron chi connectivity index (χ4n) is 1.49. The molecule has 0 unspecified atom stereocenters. The summed E-state index contributed by atoms with van der Waals surface area (Å²) in [6.45, 7) is 0. The van der Waals surface area contributed by atoms with Gasteiger partial charge in [-0.3, -0.25) is 20.2 Å². The van der Waals surface area contributed by atoms with Crippen LogP contribution in [-0.2, 0) is 0 Å². The molecule has 0 amide bonds. The molecule has 0 aliphatic rings. The molecule has 2 N–H and O–H groups in total. The third-order valence-electron chi connectivity index (χ3n) is 2.55. The molecule has 2 rings (SSSR count). The number of nitrogen functional groups attached to an aromatic ring is 1. The number of hydrogen-bond donors (Lipinski definition) is 1. The molecular formula is C11H6Cl2N6O4S. The van der Waals surface area contributed by atoms with Crippen molar-refractivity contribution in [3.05, 3.63) is 54.4 Å². The normalized spacial score (nSPS) is 10.9. The first-order valence-corrected chi connectivity index (χ1v) is 7.44. The number of anilines is 1. The summed E-state index contributed by atoms with van der Waals surface area (Å²) in [4.78, 5) is 27.9. The zero-order valence-corrected chi connectivity index (χ0v) is 13.7. The van der Waals surface area contributed by atoms with E-state index in [0.29, 0.717) is 11.9 Å². The van der Waals surface area contributed by atoms with Gasteiger partial charge in [-0.1, -0.05) is 23.2 Å². The molecule has 124 valence electrons. The molecule has 1 aromatic carbocycles. The van der Waals surface area contributed by atoms with Gasteiger partial charge in [-0.25, -0.2) is 14.4 Å². The van der Waals surface area contributed by atoms with Gasteiger partial charge in [0.05, 0.1) is 22.1 Å². The monoisotopic (exact) mass is 388 g/mol. The lowest BCUT2D eigenvalue weighted by Crippen LogP contribution is -2.01. The van der Waals surface area contributed by atoms with Gasteiger partial charge in [-0.05, 0) is 6.07 Å². The van der Waals surface area contributed by atoms with Gasteiger partial charge in [0.15, 0.2) is 16.1 Å². The second kappa shape index (κ2) is 7.38. The molecular weight excluding hydrogens is 383 g/mol. The smallest absolute Gasteiger partial charge is 0.291 e. The van der Waals surface area contributed by atoms with Crippen molar-refractivity contribution in [1.82, 2.24) is 9.97 Å². The molecule has 24 heavy (non-hydrogen) atoms. The number of hydrogen-bond acceptors (Lipinski definition) is 9. The predicted molar refractivity (Wildman–Crippen MR) is 89.7 cm³/mol. The molecule has 0 saturated carbocycles. The average Bonchev–Trinajstić information content (AvgIpc) is 2.52. The third kappa shape index (κ3) is 4.07. The molecule has 1 aromatic heterocycles. The molecule has 0 saturated heterocycles. The van der Waals surface area contributed by atoms with Crippen molar-refractivity contribution >= 4 is 58.6 Å². The Morgan fingerprint density at radius 2 is 1.83 bits per heavy atom. The number of nitro benzene ring substituents is 2. The van der Waals surface area contributed by atoms with Crippen molar-refractivity contribution in [2.45, 2.75) is 4.90 Å². The third-order valence-corrected chi connectivity index (χ3v) is 3.92. The quantitative estimate of drug-likeness (QED) is 0.354. The molecule has 10 nitrogen and oxygen atoms in total. The van der Waals surface area contributed by atoms with E-state index < -0.39 is 21.2 Å². The Hall–Kier alpha value is -2.50. The van der Waals surface area contributed by atoms with E-state index in [-0.39, 0.29) is 26.7 Å². The van der Waals surface area contributed by atoms with Crippen LogP contribution in [-0.4, -0.2) is 26.0 Å². The summed E-state index contributed by atoms with van der Waals surface area (Å²) in [6, 6.07) is 3.21. The van der Waals surface area contributed by atoms with Gasteiger partial charge in [0.25, 0.3) is 11.4 Å². The van der Waals surface area contributed by atoms with Crippen LogP contribution in [0.25, 0.3) is 0 Å². The number of rotatable bonds is 5. The average molecular weight is 389 g/mol. The zero-order chi connectivity index (χ0) is 17.9. The largest absolute Gasteiger partial charge is 0.382 e. The number of halogens is 2. The number of nitrogens with zero attached hydrogens (tertiary/aromatic N) is 5. The Balaban J connectivity index is 2.27. The number of nitrogens with two attached hydrogens (primary N) is 1. The van der Waals surface area contributed by atoms with Gasteiger partial charge in [0.2, 0.25) is 0 Å². The van der Waals surface area contributed by atoms with Crippen molar-refractivity contribution in [3.8, 4) is 0 Å². The Bertz CT molecular complexity index is 863. The highest BCUT2D eigenvalue weighted by Gasteiger charge is 2.19. The first-order valence-electron chi connectivity index (χ1n) is 5.91. The Morgan fingerprint density at radius 1 is 1.17 bits per heavy atom. The molecule has 0 spiro atoms. The second-order valence-electron chi connectivity index (χ2n) is 4.07. The number of aromatic nitrogens is 2. The Kier molecular flexibility index (Phi) is 5.49. The van der Waals surface area contributed by atoms with Gasteiger partial charge in [-0.2, -0.15) is 0 Å². The van der Waals surface area contributed by atoms with E-state index in [9.17, 15) is 20.2 Å². The number of benzene rings is 1. The van der Waals surface area contributed by atoms with Crippen molar-refractivity contribution in [2.75, 3.05) is 5.73 Å². The van der Waals surface area contributed by atoms with Crippen molar-refractivity contribution in [1.29, 1.82) is 0 Å². The number of nitro groups is 2. The molecule has 0 radical (unpaired) electrons. The van der Waals surface area contributed by atoms with E-state index in [1.165, 1.54) is 12.3 Å². The van der Waals surface area contributed by atoms with Crippen molar-refractivity contribution < 1.29 is 9.85 Å². The SMILES string of the molecule is Nc1nc(Cl)c(Cl)nc1C=NSc1ccc([N+](=O)[O-])cc1[N+](=O)[O-]. The minimum atomic E-state index is -0.738. The zero-order valence-electron chi connectivity index (χ0n) is 11.4. The highest BCUT2D eigenvalue weighted by molar-refractivity contribution is 7.98. The van der Waals surface area contributed by atoms with Crippen LogP contribution in [0.15, 0.2) is 27.5 Å². The summed E-state index contributed by atoms with van der Waals surface area (Å²) in [5.74, 6) is -0.0213. The van der Waals surface area contributed by atoms with Crippen LogP contribution in [0.1, 0.15) is 5.69 Å². The lowest BCUT2D eigenvalue weighted by molar-refractivity contribution is -0.396. The molecule has 1 heterocycles. The molecule has 0 atom stereocenters. The minimum absolute atomic E-state index is 0.0213. The van der Waals surface area contributed by atoms with E-state index in [4.69, 9.17) is 28.9 Å². The van der Waals surface area contributed by atoms with E-state index in [1.807, 2.05) is 0 Å². The van der Waals surface area contributed by atoms with Crippen LogP contribution < -0.4 is 5.73 Å². The molecule has 0 bridgehead atoms. The van der Waals surface area contributed by atoms with E-state index in [1.54, 1.807) is 0 Å². The highest BCUT2D eigenvalue weighted by Crippen LogP contribution is 2.33. The fourth-order valence-corrected chi connectivity index (χ4v) is 2.37. The van der Waals surface area contributed by atoms with Gasteiger partial charge in [0, 0.05) is 18.0 Å². The molecule has 0 aliphatic carbocycles. The highest BCUT2D eigenvalue weighted by atomic mass is 35.5. The maximum absolute atomic E-state index is 11.0. The summed E-state index contributed by atoms with van der Waals surface area (Å²) in [6.07, 6.45) is 1.19. The second-order valence-corrected chi connectivity index (χ2v) is 5.62. The van der Waals surface area contributed by atoms with Crippen LogP contribution in [0.2, 0.25) is 10.3 Å². The Labute approximate surface area is 148 Å². The standard InChI is InChI=1S/C11H6Cl2N6O4S/c12-9-10(13)17-11(14)6(16-9)4-15-24-8-2-1-5(18(20)21)3-7(8)19(22)23/h1-4H,(H2,14,17). The summed E-state index contributed by atoms with van der Waals surface area (Å²) in [5.41, 5.74) is 4.89. The lowest BCUT2D eigenvalue weighted by atomic mass is 10.3. The summed E-state index contributed by atoms with van der Waals surface area (Å²) in [5, 5.41) is 21.6. The first kappa shape index (κ1) is 17.8. The van der Waals surface area contributed by atoms with E-state index in [0.717, 1.165) is 12.1 Å².